The maximum absolute atomic E-state index is 12.3. The molecule has 2 N–H and O–H groups in total. The molecule has 0 aliphatic carbocycles. The maximum Gasteiger partial charge on any atom is 0.312 e. The molecule has 8 nitrogen and oxygen atoms in total. The third kappa shape index (κ3) is 5.65. The van der Waals surface area contributed by atoms with Crippen molar-refractivity contribution >= 4 is 34.6 Å². The highest BCUT2D eigenvalue weighted by molar-refractivity contribution is 7.80. The van der Waals surface area contributed by atoms with Crippen molar-refractivity contribution < 1.29 is 19.2 Å². The molecule has 0 aliphatic heterocycles. The Kier molecular flexibility index (Phi) is 7.07. The molecular weight excluding hydrogens is 370 g/mol. The van der Waals surface area contributed by atoms with E-state index >= 15 is 0 Å². The van der Waals surface area contributed by atoms with E-state index in [4.69, 9.17) is 21.7 Å². The van der Waals surface area contributed by atoms with Crippen LogP contribution in [0.1, 0.15) is 23.7 Å². The fourth-order valence-corrected chi connectivity index (χ4v) is 2.41. The van der Waals surface area contributed by atoms with Gasteiger partial charge in [-0.05, 0) is 49.0 Å². The summed E-state index contributed by atoms with van der Waals surface area (Å²) in [5.41, 5.74) is 0.527. The number of carbonyl (C=O) groups excluding carboxylic acids is 1. The van der Waals surface area contributed by atoms with Crippen LogP contribution in [-0.4, -0.2) is 29.7 Å². The molecule has 0 aromatic heterocycles. The number of hydrogen-bond donors (Lipinski definition) is 2. The predicted molar refractivity (Wildman–Crippen MR) is 106 cm³/mol. The number of rotatable bonds is 7. The molecule has 0 unspecified atom stereocenters. The molecule has 9 heteroatoms. The first-order chi connectivity index (χ1) is 12.9. The fourth-order valence-electron chi connectivity index (χ4n) is 2.20. The summed E-state index contributed by atoms with van der Waals surface area (Å²) >= 11 is 5.11. The van der Waals surface area contributed by atoms with Gasteiger partial charge in [0.2, 0.25) is 0 Å². The molecule has 27 heavy (non-hydrogen) atoms. The molecule has 0 bridgehead atoms. The van der Waals surface area contributed by atoms with Gasteiger partial charge in [0.05, 0.1) is 18.6 Å². The number of amides is 1. The largest absolute Gasteiger partial charge is 0.494 e. The van der Waals surface area contributed by atoms with Gasteiger partial charge in [0.25, 0.3) is 5.91 Å². The van der Waals surface area contributed by atoms with Crippen LogP contribution in [0, 0.1) is 10.1 Å². The monoisotopic (exact) mass is 389 g/mol. The molecule has 1 amide bonds. The van der Waals surface area contributed by atoms with Crippen molar-refractivity contribution in [3.05, 3.63) is 58.1 Å². The predicted octanol–water partition coefficient (Wildman–Crippen LogP) is 3.52. The van der Waals surface area contributed by atoms with Gasteiger partial charge < -0.3 is 14.8 Å². The second-order valence-corrected chi connectivity index (χ2v) is 5.84. The number of hydrogen-bond acceptors (Lipinski definition) is 6. The molecule has 2 aromatic rings. The van der Waals surface area contributed by atoms with Crippen LogP contribution < -0.4 is 20.1 Å². The van der Waals surface area contributed by atoms with Crippen LogP contribution in [0.5, 0.6) is 11.5 Å². The Labute approximate surface area is 161 Å². The maximum atomic E-state index is 12.3. The lowest BCUT2D eigenvalue weighted by molar-refractivity contribution is -0.385. The quantitative estimate of drug-likeness (QED) is 0.424. The number of carbonyl (C=O) groups is 1. The number of ether oxygens (including phenoxy) is 2. The van der Waals surface area contributed by atoms with E-state index in [1.54, 1.807) is 30.3 Å². The van der Waals surface area contributed by atoms with Gasteiger partial charge >= 0.3 is 5.69 Å². The SMILES string of the molecule is CCCOc1cccc(C(=O)NC(=S)Nc2ccc(OC)c([N+](=O)[O-])c2)c1. The van der Waals surface area contributed by atoms with E-state index in [9.17, 15) is 14.9 Å². The summed E-state index contributed by atoms with van der Waals surface area (Å²) in [6, 6.07) is 11.0. The van der Waals surface area contributed by atoms with Gasteiger partial charge in [-0.2, -0.15) is 0 Å². The third-order valence-corrected chi connectivity index (χ3v) is 3.63. The van der Waals surface area contributed by atoms with E-state index in [0.717, 1.165) is 6.42 Å². The van der Waals surface area contributed by atoms with Crippen molar-refractivity contribution in [3.63, 3.8) is 0 Å². The summed E-state index contributed by atoms with van der Waals surface area (Å²) in [5.74, 6) is 0.302. The topological polar surface area (TPSA) is 103 Å². The first-order valence-electron chi connectivity index (χ1n) is 8.12. The first kappa shape index (κ1) is 20.1. The van der Waals surface area contributed by atoms with Crippen molar-refractivity contribution in [3.8, 4) is 11.5 Å². The molecular formula is C18H19N3O5S. The van der Waals surface area contributed by atoms with Crippen molar-refractivity contribution in [2.24, 2.45) is 0 Å². The van der Waals surface area contributed by atoms with Gasteiger partial charge in [-0.1, -0.05) is 13.0 Å². The Morgan fingerprint density at radius 3 is 2.70 bits per heavy atom. The number of thiocarbonyl (C=S) groups is 1. The van der Waals surface area contributed by atoms with Crippen molar-refractivity contribution in [1.82, 2.24) is 5.32 Å². The van der Waals surface area contributed by atoms with E-state index in [1.165, 1.54) is 19.2 Å². The molecule has 0 saturated carbocycles. The molecule has 2 rings (SSSR count). The molecule has 0 spiro atoms. The lowest BCUT2D eigenvalue weighted by atomic mass is 10.2. The number of nitrogens with one attached hydrogen (secondary N) is 2. The van der Waals surface area contributed by atoms with E-state index in [-0.39, 0.29) is 16.5 Å². The lowest BCUT2D eigenvalue weighted by Gasteiger charge is -2.11. The third-order valence-electron chi connectivity index (χ3n) is 3.43. The summed E-state index contributed by atoms with van der Waals surface area (Å²) in [6.07, 6.45) is 0.860. The second-order valence-electron chi connectivity index (χ2n) is 5.43. The Balaban J connectivity index is 2.04. The number of nitro benzene ring substituents is 1. The first-order valence-corrected chi connectivity index (χ1v) is 8.53. The second kappa shape index (κ2) is 9.48. The minimum absolute atomic E-state index is 0.0133. The number of benzene rings is 2. The Morgan fingerprint density at radius 2 is 2.04 bits per heavy atom. The minimum atomic E-state index is -0.562. The Bertz CT molecular complexity index is 857. The van der Waals surface area contributed by atoms with Crippen LogP contribution in [0.15, 0.2) is 42.5 Å². The minimum Gasteiger partial charge on any atom is -0.494 e. The van der Waals surface area contributed by atoms with E-state index in [1.807, 2.05) is 6.92 Å². The Hall–Kier alpha value is -3.20. The van der Waals surface area contributed by atoms with Gasteiger partial charge in [0.15, 0.2) is 10.9 Å². The average molecular weight is 389 g/mol. The molecule has 0 fully saturated rings. The molecule has 0 radical (unpaired) electrons. The number of nitro groups is 1. The highest BCUT2D eigenvalue weighted by Crippen LogP contribution is 2.29. The van der Waals surface area contributed by atoms with Crippen molar-refractivity contribution in [2.45, 2.75) is 13.3 Å². The number of methoxy groups -OCH3 is 1. The van der Waals surface area contributed by atoms with Crippen LogP contribution in [0.2, 0.25) is 0 Å². The molecule has 0 saturated heterocycles. The smallest absolute Gasteiger partial charge is 0.312 e. The summed E-state index contributed by atoms with van der Waals surface area (Å²) in [7, 11) is 1.35. The summed E-state index contributed by atoms with van der Waals surface area (Å²) in [6.45, 7) is 2.55. The summed E-state index contributed by atoms with van der Waals surface area (Å²) in [5, 5.41) is 16.4. The van der Waals surface area contributed by atoms with Crippen molar-refractivity contribution in [2.75, 3.05) is 19.0 Å². The van der Waals surface area contributed by atoms with E-state index in [2.05, 4.69) is 10.6 Å². The van der Waals surface area contributed by atoms with E-state index < -0.39 is 10.8 Å². The molecule has 0 aliphatic rings. The van der Waals surface area contributed by atoms with Crippen LogP contribution in [0.4, 0.5) is 11.4 Å². The average Bonchev–Trinajstić information content (AvgIpc) is 2.66. The fraction of sp³-hybridized carbons (Fsp3) is 0.222. The summed E-state index contributed by atoms with van der Waals surface area (Å²) < 4.78 is 10.4. The lowest BCUT2D eigenvalue weighted by Crippen LogP contribution is -2.34. The number of nitrogens with zero attached hydrogens (tertiary/aromatic N) is 1. The zero-order valence-electron chi connectivity index (χ0n) is 14.9. The van der Waals surface area contributed by atoms with Gasteiger partial charge in [0.1, 0.15) is 5.75 Å². The molecule has 142 valence electrons. The van der Waals surface area contributed by atoms with Crippen LogP contribution in [0.3, 0.4) is 0 Å². The van der Waals surface area contributed by atoms with Crippen molar-refractivity contribution in [1.29, 1.82) is 0 Å². The van der Waals surface area contributed by atoms with Gasteiger partial charge in [-0.15, -0.1) is 0 Å². The van der Waals surface area contributed by atoms with Gasteiger partial charge in [-0.3, -0.25) is 20.2 Å². The Morgan fingerprint density at radius 1 is 1.26 bits per heavy atom. The zero-order valence-corrected chi connectivity index (χ0v) is 15.7. The van der Waals surface area contributed by atoms with Gasteiger partial charge in [0, 0.05) is 17.3 Å². The standard InChI is InChI=1S/C18H19N3O5S/c1-3-9-26-14-6-4-5-12(10-14)17(22)20-18(27)19-13-7-8-16(25-2)15(11-13)21(23)24/h4-8,10-11H,3,9H2,1-2H3,(H2,19,20,22,27). The van der Waals surface area contributed by atoms with E-state index in [0.29, 0.717) is 23.6 Å². The molecule has 0 heterocycles. The highest BCUT2D eigenvalue weighted by Gasteiger charge is 2.16. The number of anilines is 1. The zero-order chi connectivity index (χ0) is 19.8. The summed E-state index contributed by atoms with van der Waals surface area (Å²) in [4.78, 5) is 22.8. The van der Waals surface area contributed by atoms with Crippen LogP contribution in [-0.2, 0) is 0 Å². The molecule has 2 aromatic carbocycles. The van der Waals surface area contributed by atoms with Crippen LogP contribution >= 0.6 is 12.2 Å². The molecule has 0 atom stereocenters. The van der Waals surface area contributed by atoms with Crippen LogP contribution in [0.25, 0.3) is 0 Å². The normalized spacial score (nSPS) is 10.0. The van der Waals surface area contributed by atoms with Gasteiger partial charge in [-0.25, -0.2) is 0 Å². The highest BCUT2D eigenvalue weighted by atomic mass is 32.1.